The zero-order valence-corrected chi connectivity index (χ0v) is 11.0. The van der Waals surface area contributed by atoms with Crippen molar-refractivity contribution in [1.82, 2.24) is 0 Å². The van der Waals surface area contributed by atoms with Crippen LogP contribution in [0.3, 0.4) is 0 Å². The van der Waals surface area contributed by atoms with Crippen molar-refractivity contribution in [3.63, 3.8) is 0 Å². The van der Waals surface area contributed by atoms with Gasteiger partial charge >= 0.3 is 0 Å². The fourth-order valence-corrected chi connectivity index (χ4v) is 2.23. The molecule has 0 bridgehead atoms. The SMILES string of the molecule is NC1=N[C@@H](c2ccc(-c3ccc(Cl)cc3)cc2)CO1. The first kappa shape index (κ1) is 12.1. The molecule has 2 aromatic rings. The summed E-state index contributed by atoms with van der Waals surface area (Å²) in [6.45, 7) is 0.520. The number of rotatable bonds is 2. The summed E-state index contributed by atoms with van der Waals surface area (Å²) in [5, 5.41) is 0.744. The van der Waals surface area contributed by atoms with Crippen LogP contribution in [0.2, 0.25) is 5.02 Å². The molecular formula is C15H13ClN2O. The standard InChI is InChI=1S/C15H13ClN2O/c16-13-7-5-11(6-8-13)10-1-3-12(4-2-10)14-9-19-15(17)18-14/h1-8,14H,9H2,(H2,17,18)/t14-/m1/s1. The molecule has 0 aliphatic carbocycles. The van der Waals surface area contributed by atoms with Gasteiger partial charge in [0.25, 0.3) is 6.02 Å². The number of nitrogens with zero attached hydrogens (tertiary/aromatic N) is 1. The maximum atomic E-state index is 5.88. The minimum atomic E-state index is 0.0132. The highest BCUT2D eigenvalue weighted by Crippen LogP contribution is 2.26. The van der Waals surface area contributed by atoms with Crippen LogP contribution in [0.25, 0.3) is 11.1 Å². The Morgan fingerprint density at radius 3 is 2.11 bits per heavy atom. The second kappa shape index (κ2) is 4.94. The van der Waals surface area contributed by atoms with Gasteiger partial charge in [0.2, 0.25) is 0 Å². The molecule has 1 aliphatic heterocycles. The fraction of sp³-hybridized carbons (Fsp3) is 0.133. The topological polar surface area (TPSA) is 47.6 Å². The molecule has 4 heteroatoms. The first-order valence-electron chi connectivity index (χ1n) is 6.04. The second-order valence-electron chi connectivity index (χ2n) is 4.42. The highest BCUT2D eigenvalue weighted by molar-refractivity contribution is 6.30. The van der Waals surface area contributed by atoms with Gasteiger partial charge in [0.15, 0.2) is 0 Å². The Morgan fingerprint density at radius 2 is 1.58 bits per heavy atom. The predicted octanol–water partition coefficient (Wildman–Crippen LogP) is 3.39. The fourth-order valence-electron chi connectivity index (χ4n) is 2.10. The number of aliphatic imine (C=N–C) groups is 1. The molecule has 0 unspecified atom stereocenters. The number of halogens is 1. The lowest BCUT2D eigenvalue weighted by Crippen LogP contribution is -2.10. The average molecular weight is 273 g/mol. The maximum absolute atomic E-state index is 5.88. The average Bonchev–Trinajstić information content (AvgIpc) is 2.87. The van der Waals surface area contributed by atoms with Gasteiger partial charge in [-0.1, -0.05) is 48.0 Å². The van der Waals surface area contributed by atoms with Gasteiger partial charge in [0, 0.05) is 5.02 Å². The molecule has 2 aromatic carbocycles. The maximum Gasteiger partial charge on any atom is 0.282 e. The Labute approximate surface area is 116 Å². The summed E-state index contributed by atoms with van der Waals surface area (Å²) >= 11 is 5.88. The molecule has 0 fully saturated rings. The van der Waals surface area contributed by atoms with Crippen molar-refractivity contribution in [2.75, 3.05) is 6.61 Å². The lowest BCUT2D eigenvalue weighted by atomic mass is 10.0. The molecule has 19 heavy (non-hydrogen) atoms. The van der Waals surface area contributed by atoms with Gasteiger partial charge in [-0.2, -0.15) is 0 Å². The van der Waals surface area contributed by atoms with Crippen molar-refractivity contribution >= 4 is 17.6 Å². The van der Waals surface area contributed by atoms with Gasteiger partial charge in [-0.15, -0.1) is 0 Å². The van der Waals surface area contributed by atoms with Crippen LogP contribution < -0.4 is 5.73 Å². The van der Waals surface area contributed by atoms with Crippen molar-refractivity contribution in [3.8, 4) is 11.1 Å². The van der Waals surface area contributed by atoms with E-state index >= 15 is 0 Å². The highest BCUT2D eigenvalue weighted by Gasteiger charge is 2.18. The minimum Gasteiger partial charge on any atom is -0.463 e. The molecular weight excluding hydrogens is 260 g/mol. The smallest absolute Gasteiger partial charge is 0.282 e. The van der Waals surface area contributed by atoms with Crippen LogP contribution in [0.5, 0.6) is 0 Å². The van der Waals surface area contributed by atoms with E-state index in [4.69, 9.17) is 22.1 Å². The summed E-state index contributed by atoms with van der Waals surface area (Å²) in [7, 11) is 0. The van der Waals surface area contributed by atoms with Crippen LogP contribution in [0, 0.1) is 0 Å². The summed E-state index contributed by atoms with van der Waals surface area (Å²) in [5.41, 5.74) is 8.91. The Bertz CT molecular complexity index is 605. The summed E-state index contributed by atoms with van der Waals surface area (Å²) < 4.78 is 5.16. The van der Waals surface area contributed by atoms with Gasteiger partial charge in [0.1, 0.15) is 12.6 Å². The summed E-state index contributed by atoms with van der Waals surface area (Å²) in [4.78, 5) is 4.23. The number of hydrogen-bond donors (Lipinski definition) is 1. The van der Waals surface area contributed by atoms with Crippen molar-refractivity contribution in [3.05, 3.63) is 59.1 Å². The third kappa shape index (κ3) is 2.56. The first-order chi connectivity index (χ1) is 9.22. The molecule has 1 heterocycles. The molecule has 0 saturated heterocycles. The van der Waals surface area contributed by atoms with Gasteiger partial charge in [-0.3, -0.25) is 0 Å². The molecule has 0 amide bonds. The van der Waals surface area contributed by atoms with Crippen LogP contribution in [-0.4, -0.2) is 12.6 Å². The van der Waals surface area contributed by atoms with Gasteiger partial charge in [-0.05, 0) is 28.8 Å². The lowest BCUT2D eigenvalue weighted by Gasteiger charge is -2.07. The number of nitrogens with two attached hydrogens (primary N) is 1. The molecule has 3 rings (SSSR count). The van der Waals surface area contributed by atoms with E-state index in [9.17, 15) is 0 Å². The first-order valence-corrected chi connectivity index (χ1v) is 6.42. The van der Waals surface area contributed by atoms with E-state index in [0.717, 1.165) is 21.7 Å². The molecule has 0 saturated carbocycles. The predicted molar refractivity (Wildman–Crippen MR) is 77.2 cm³/mol. The van der Waals surface area contributed by atoms with Gasteiger partial charge < -0.3 is 10.5 Å². The lowest BCUT2D eigenvalue weighted by molar-refractivity contribution is 0.315. The molecule has 0 aromatic heterocycles. The zero-order chi connectivity index (χ0) is 13.2. The zero-order valence-electron chi connectivity index (χ0n) is 10.2. The van der Waals surface area contributed by atoms with Crippen molar-refractivity contribution < 1.29 is 4.74 Å². The third-order valence-corrected chi connectivity index (χ3v) is 3.40. The summed E-state index contributed by atoms with van der Waals surface area (Å²) in [5.74, 6) is 0. The Hall–Kier alpha value is -2.00. The van der Waals surface area contributed by atoms with E-state index < -0.39 is 0 Å². The van der Waals surface area contributed by atoms with Crippen molar-refractivity contribution in [1.29, 1.82) is 0 Å². The quantitative estimate of drug-likeness (QED) is 0.911. The monoisotopic (exact) mass is 272 g/mol. The molecule has 2 N–H and O–H groups in total. The van der Waals surface area contributed by atoms with E-state index in [1.54, 1.807) is 0 Å². The van der Waals surface area contributed by atoms with Crippen LogP contribution in [0.1, 0.15) is 11.6 Å². The molecule has 1 atom stereocenters. The van der Waals surface area contributed by atoms with Crippen molar-refractivity contribution in [2.45, 2.75) is 6.04 Å². The van der Waals surface area contributed by atoms with E-state index in [0.29, 0.717) is 6.61 Å². The summed E-state index contributed by atoms with van der Waals surface area (Å²) in [6.07, 6.45) is 0. The molecule has 3 nitrogen and oxygen atoms in total. The molecule has 0 radical (unpaired) electrons. The van der Waals surface area contributed by atoms with Crippen LogP contribution >= 0.6 is 11.6 Å². The normalized spacial score (nSPS) is 17.9. The second-order valence-corrected chi connectivity index (χ2v) is 4.86. The van der Waals surface area contributed by atoms with Gasteiger partial charge in [-0.25, -0.2) is 4.99 Å². The Kier molecular flexibility index (Phi) is 3.13. The van der Waals surface area contributed by atoms with E-state index in [2.05, 4.69) is 29.3 Å². The molecule has 1 aliphatic rings. The van der Waals surface area contributed by atoms with E-state index in [1.165, 1.54) is 0 Å². The minimum absolute atomic E-state index is 0.0132. The summed E-state index contributed by atoms with van der Waals surface area (Å²) in [6, 6.07) is 16.3. The third-order valence-electron chi connectivity index (χ3n) is 3.15. The number of ether oxygens (including phenoxy) is 1. The van der Waals surface area contributed by atoms with Crippen LogP contribution in [0.15, 0.2) is 53.5 Å². The van der Waals surface area contributed by atoms with Crippen LogP contribution in [-0.2, 0) is 4.74 Å². The van der Waals surface area contributed by atoms with Gasteiger partial charge in [0.05, 0.1) is 0 Å². The van der Waals surface area contributed by atoms with E-state index in [1.807, 2.05) is 24.3 Å². The van der Waals surface area contributed by atoms with Crippen molar-refractivity contribution in [2.24, 2.45) is 10.7 Å². The van der Waals surface area contributed by atoms with E-state index in [-0.39, 0.29) is 12.1 Å². The number of amidine groups is 1. The Balaban J connectivity index is 1.85. The number of benzene rings is 2. The number of hydrogen-bond acceptors (Lipinski definition) is 3. The largest absolute Gasteiger partial charge is 0.463 e. The Morgan fingerprint density at radius 1 is 1.00 bits per heavy atom. The molecule has 96 valence electrons. The van der Waals surface area contributed by atoms with Crippen LogP contribution in [0.4, 0.5) is 0 Å². The molecule has 0 spiro atoms. The highest BCUT2D eigenvalue weighted by atomic mass is 35.5.